The molecule has 0 heterocycles. The second-order valence-corrected chi connectivity index (χ2v) is 6.92. The summed E-state index contributed by atoms with van der Waals surface area (Å²) in [5.74, 6) is -0.0938. The molecule has 0 radical (unpaired) electrons. The maximum Gasteiger partial charge on any atom is 0.288 e. The van der Waals surface area contributed by atoms with Gasteiger partial charge in [-0.1, -0.05) is 53.5 Å². The quantitative estimate of drug-likeness (QED) is 0.306. The summed E-state index contributed by atoms with van der Waals surface area (Å²) in [4.78, 5) is 22.8. The fourth-order valence-corrected chi connectivity index (χ4v) is 2.81. The first-order valence-corrected chi connectivity index (χ1v) is 9.43. The normalized spacial score (nSPS) is 10.7. The molecule has 3 aromatic carbocycles. The number of nitrogens with one attached hydrogen (secondary N) is 1. The van der Waals surface area contributed by atoms with Gasteiger partial charge < -0.3 is 4.74 Å². The van der Waals surface area contributed by atoms with Crippen molar-refractivity contribution < 1.29 is 14.5 Å². The van der Waals surface area contributed by atoms with Crippen molar-refractivity contribution in [3.63, 3.8) is 0 Å². The van der Waals surface area contributed by atoms with E-state index in [1.807, 2.05) is 12.1 Å². The summed E-state index contributed by atoms with van der Waals surface area (Å²) in [5.41, 5.74) is 3.76. The number of benzene rings is 3. The zero-order valence-electron chi connectivity index (χ0n) is 15.4. The van der Waals surface area contributed by atoms with Gasteiger partial charge >= 0.3 is 0 Å². The fraction of sp³-hybridized carbons (Fsp3) is 0.0476. The van der Waals surface area contributed by atoms with E-state index in [9.17, 15) is 14.9 Å². The number of carbonyl (C=O) groups excluding carboxylic acids is 1. The highest BCUT2D eigenvalue weighted by atomic mass is 35.5. The number of carbonyl (C=O) groups is 1. The average Bonchev–Trinajstić information content (AvgIpc) is 2.74. The van der Waals surface area contributed by atoms with Gasteiger partial charge in [-0.15, -0.1) is 0 Å². The number of nitrogens with zero attached hydrogens (tertiary/aromatic N) is 2. The van der Waals surface area contributed by atoms with Crippen LogP contribution >= 0.6 is 23.2 Å². The Hall–Kier alpha value is -3.42. The number of rotatable bonds is 7. The first-order valence-electron chi connectivity index (χ1n) is 8.67. The lowest BCUT2D eigenvalue weighted by Gasteiger charge is -2.10. The van der Waals surface area contributed by atoms with Gasteiger partial charge in [0, 0.05) is 16.7 Å². The van der Waals surface area contributed by atoms with Gasteiger partial charge in [0.1, 0.15) is 17.4 Å². The fourth-order valence-electron chi connectivity index (χ4n) is 2.50. The van der Waals surface area contributed by atoms with Gasteiger partial charge in [0.2, 0.25) is 0 Å². The van der Waals surface area contributed by atoms with Crippen molar-refractivity contribution in [2.75, 3.05) is 0 Å². The summed E-state index contributed by atoms with van der Waals surface area (Å²) in [6.45, 7) is 0.263. The van der Waals surface area contributed by atoms with Crippen LogP contribution in [0.15, 0.2) is 71.8 Å². The Bertz CT molecular complexity index is 1100. The van der Waals surface area contributed by atoms with Crippen LogP contribution in [0.5, 0.6) is 5.75 Å². The standard InChI is InChI=1S/C21H15Cl2N3O4/c22-16-8-5-14(6-9-16)13-30-20-4-2-1-3-17(20)21(27)25-24-12-15-7-10-18(23)19(11-15)26(28)29/h1-12H,13H2,(H,25,27)/b24-12+. The van der Waals surface area contributed by atoms with Crippen molar-refractivity contribution in [2.24, 2.45) is 5.10 Å². The number of nitro groups is 1. The Labute approximate surface area is 182 Å². The van der Waals surface area contributed by atoms with Gasteiger partial charge in [0.15, 0.2) is 0 Å². The zero-order chi connectivity index (χ0) is 21.5. The molecular formula is C21H15Cl2N3O4. The first-order chi connectivity index (χ1) is 14.4. The Morgan fingerprint density at radius 2 is 1.83 bits per heavy atom. The van der Waals surface area contributed by atoms with E-state index in [0.717, 1.165) is 5.56 Å². The molecule has 0 spiro atoms. The zero-order valence-corrected chi connectivity index (χ0v) is 16.9. The largest absolute Gasteiger partial charge is 0.488 e. The Morgan fingerprint density at radius 3 is 2.57 bits per heavy atom. The molecule has 0 unspecified atom stereocenters. The van der Waals surface area contributed by atoms with E-state index in [1.165, 1.54) is 18.3 Å². The van der Waals surface area contributed by atoms with E-state index in [2.05, 4.69) is 10.5 Å². The minimum absolute atomic E-state index is 0.0212. The van der Waals surface area contributed by atoms with E-state index in [4.69, 9.17) is 27.9 Å². The third kappa shape index (κ3) is 5.56. The highest BCUT2D eigenvalue weighted by Gasteiger charge is 2.13. The Morgan fingerprint density at radius 1 is 1.10 bits per heavy atom. The maximum atomic E-state index is 12.5. The molecule has 7 nitrogen and oxygen atoms in total. The molecule has 9 heteroatoms. The number of hydrogen-bond donors (Lipinski definition) is 1. The summed E-state index contributed by atoms with van der Waals surface area (Å²) < 4.78 is 5.76. The SMILES string of the molecule is O=C(N/N=C/c1ccc(Cl)c([N+](=O)[O-])c1)c1ccccc1OCc1ccc(Cl)cc1. The van der Waals surface area contributed by atoms with Gasteiger partial charge in [-0.25, -0.2) is 5.43 Å². The summed E-state index contributed by atoms with van der Waals surface area (Å²) in [6, 6.07) is 18.1. The summed E-state index contributed by atoms with van der Waals surface area (Å²) in [5, 5.41) is 15.5. The number of nitro benzene ring substituents is 1. The smallest absolute Gasteiger partial charge is 0.288 e. The second-order valence-electron chi connectivity index (χ2n) is 6.08. The molecule has 152 valence electrons. The van der Waals surface area contributed by atoms with Crippen molar-refractivity contribution >= 4 is 41.0 Å². The lowest BCUT2D eigenvalue weighted by molar-refractivity contribution is -0.384. The molecule has 0 aliphatic heterocycles. The molecule has 0 aliphatic carbocycles. The minimum atomic E-state index is -0.591. The van der Waals surface area contributed by atoms with E-state index in [1.54, 1.807) is 42.5 Å². The van der Waals surface area contributed by atoms with Crippen LogP contribution in [0, 0.1) is 10.1 Å². The van der Waals surface area contributed by atoms with Crippen LogP contribution in [0.2, 0.25) is 10.0 Å². The molecule has 0 atom stereocenters. The summed E-state index contributed by atoms with van der Waals surface area (Å²) in [7, 11) is 0. The Kier molecular flexibility index (Phi) is 7.00. The molecule has 0 fully saturated rings. The highest BCUT2D eigenvalue weighted by molar-refractivity contribution is 6.32. The number of ether oxygens (including phenoxy) is 1. The summed E-state index contributed by atoms with van der Waals surface area (Å²) in [6.07, 6.45) is 1.29. The van der Waals surface area contributed by atoms with Crippen LogP contribution in [-0.2, 0) is 6.61 Å². The van der Waals surface area contributed by atoms with Crippen molar-refractivity contribution in [1.29, 1.82) is 0 Å². The van der Waals surface area contributed by atoms with Gasteiger partial charge in [-0.3, -0.25) is 14.9 Å². The van der Waals surface area contributed by atoms with E-state index < -0.39 is 10.8 Å². The van der Waals surface area contributed by atoms with E-state index in [-0.39, 0.29) is 17.3 Å². The topological polar surface area (TPSA) is 93.8 Å². The van der Waals surface area contributed by atoms with Crippen LogP contribution in [0.1, 0.15) is 21.5 Å². The molecule has 30 heavy (non-hydrogen) atoms. The molecule has 3 aromatic rings. The van der Waals surface area contributed by atoms with Gasteiger partial charge in [0.25, 0.3) is 11.6 Å². The minimum Gasteiger partial charge on any atom is -0.488 e. The molecule has 0 bridgehead atoms. The van der Waals surface area contributed by atoms with Crippen molar-refractivity contribution in [2.45, 2.75) is 6.61 Å². The lowest BCUT2D eigenvalue weighted by Crippen LogP contribution is -2.18. The molecule has 1 N–H and O–H groups in total. The number of para-hydroxylation sites is 1. The number of amides is 1. The molecule has 1 amide bonds. The van der Waals surface area contributed by atoms with Crippen LogP contribution in [0.4, 0.5) is 5.69 Å². The molecule has 3 rings (SSSR count). The van der Waals surface area contributed by atoms with E-state index >= 15 is 0 Å². The molecule has 0 saturated heterocycles. The average molecular weight is 444 g/mol. The van der Waals surface area contributed by atoms with Crippen LogP contribution in [-0.4, -0.2) is 17.0 Å². The highest BCUT2D eigenvalue weighted by Crippen LogP contribution is 2.24. The van der Waals surface area contributed by atoms with Gasteiger partial charge in [-0.05, 0) is 35.9 Å². The number of hydrogen-bond acceptors (Lipinski definition) is 5. The van der Waals surface area contributed by atoms with Gasteiger partial charge in [0.05, 0.1) is 16.7 Å². The predicted octanol–water partition coefficient (Wildman–Crippen LogP) is 5.24. The van der Waals surface area contributed by atoms with Gasteiger partial charge in [-0.2, -0.15) is 5.10 Å². The van der Waals surface area contributed by atoms with Crippen LogP contribution < -0.4 is 10.2 Å². The molecule has 0 saturated carbocycles. The molecule has 0 aliphatic rings. The second kappa shape index (κ2) is 9.87. The maximum absolute atomic E-state index is 12.5. The monoisotopic (exact) mass is 443 g/mol. The van der Waals surface area contributed by atoms with Crippen molar-refractivity contribution in [1.82, 2.24) is 5.43 Å². The third-order valence-electron chi connectivity index (χ3n) is 3.99. The Balaban J connectivity index is 1.67. The first kappa shape index (κ1) is 21.3. The van der Waals surface area contributed by atoms with Crippen molar-refractivity contribution in [3.8, 4) is 5.75 Å². The lowest BCUT2D eigenvalue weighted by atomic mass is 10.2. The number of halogens is 2. The number of hydrazone groups is 1. The molecular weight excluding hydrogens is 429 g/mol. The summed E-state index contributed by atoms with van der Waals surface area (Å²) >= 11 is 11.7. The van der Waals surface area contributed by atoms with Crippen molar-refractivity contribution in [3.05, 3.63) is 104 Å². The molecule has 0 aromatic heterocycles. The van der Waals surface area contributed by atoms with Crippen LogP contribution in [0.25, 0.3) is 0 Å². The third-order valence-corrected chi connectivity index (χ3v) is 4.56. The van der Waals surface area contributed by atoms with E-state index in [0.29, 0.717) is 21.9 Å². The predicted molar refractivity (Wildman–Crippen MR) is 115 cm³/mol. The van der Waals surface area contributed by atoms with Crippen LogP contribution in [0.3, 0.4) is 0 Å².